The third kappa shape index (κ3) is 3.67. The van der Waals surface area contributed by atoms with Crippen LogP contribution in [-0.4, -0.2) is 43.7 Å². The van der Waals surface area contributed by atoms with Crippen molar-refractivity contribution in [1.29, 1.82) is 0 Å². The molecule has 1 N–H and O–H groups in total. The summed E-state index contributed by atoms with van der Waals surface area (Å²) < 4.78 is 11.1. The molecule has 1 fully saturated rings. The molecule has 0 saturated carbocycles. The third-order valence-corrected chi connectivity index (χ3v) is 3.94. The van der Waals surface area contributed by atoms with Gasteiger partial charge in [0, 0.05) is 13.0 Å². The van der Waals surface area contributed by atoms with Gasteiger partial charge in [0.25, 0.3) is 0 Å². The van der Waals surface area contributed by atoms with Gasteiger partial charge in [0.2, 0.25) is 5.91 Å². The van der Waals surface area contributed by atoms with Crippen LogP contribution in [0.4, 0.5) is 5.69 Å². The van der Waals surface area contributed by atoms with Crippen molar-refractivity contribution in [2.45, 2.75) is 25.7 Å². The maximum atomic E-state index is 12.1. The van der Waals surface area contributed by atoms with Gasteiger partial charge in [0.1, 0.15) is 13.2 Å². The van der Waals surface area contributed by atoms with Gasteiger partial charge in [-0.1, -0.05) is 12.5 Å². The Balaban J connectivity index is 1.55. The monoisotopic (exact) mass is 290 g/mol. The Morgan fingerprint density at radius 3 is 2.81 bits per heavy atom. The van der Waals surface area contributed by atoms with Gasteiger partial charge in [-0.25, -0.2) is 0 Å². The zero-order valence-corrected chi connectivity index (χ0v) is 12.3. The number of fused-ring (bicyclic) bond motifs is 1. The van der Waals surface area contributed by atoms with E-state index in [1.165, 1.54) is 19.3 Å². The summed E-state index contributed by atoms with van der Waals surface area (Å²) in [5, 5.41) is 2.94. The lowest BCUT2D eigenvalue weighted by molar-refractivity contribution is -0.116. The van der Waals surface area contributed by atoms with Gasteiger partial charge in [-0.3, -0.25) is 4.79 Å². The van der Waals surface area contributed by atoms with Gasteiger partial charge >= 0.3 is 0 Å². The number of carbonyl (C=O) groups is 1. The highest BCUT2D eigenvalue weighted by molar-refractivity contribution is 5.93. The smallest absolute Gasteiger partial charge is 0.225 e. The second-order valence-electron chi connectivity index (χ2n) is 5.53. The fourth-order valence-corrected chi connectivity index (χ4v) is 2.83. The van der Waals surface area contributed by atoms with Crippen LogP contribution < -0.4 is 14.8 Å². The number of benzene rings is 1. The number of hydrogen-bond acceptors (Lipinski definition) is 4. The standard InChI is InChI=1S/C16H22N2O3/c19-15(7-10-18-8-2-1-3-9-18)17-13-5-4-6-14-16(13)21-12-11-20-14/h4-6H,1-3,7-12H2,(H,17,19). The van der Waals surface area contributed by atoms with Crippen LogP contribution in [0.25, 0.3) is 0 Å². The summed E-state index contributed by atoms with van der Waals surface area (Å²) in [7, 11) is 0. The number of hydrogen-bond donors (Lipinski definition) is 1. The Morgan fingerprint density at radius 2 is 1.95 bits per heavy atom. The summed E-state index contributed by atoms with van der Waals surface area (Å²) in [6.45, 7) is 4.14. The van der Waals surface area contributed by atoms with Gasteiger partial charge in [0.05, 0.1) is 5.69 Å². The third-order valence-electron chi connectivity index (χ3n) is 3.94. The molecule has 0 aliphatic carbocycles. The molecule has 21 heavy (non-hydrogen) atoms. The maximum Gasteiger partial charge on any atom is 0.225 e. The predicted octanol–water partition coefficient (Wildman–Crippen LogP) is 2.27. The minimum Gasteiger partial charge on any atom is -0.486 e. The number of anilines is 1. The lowest BCUT2D eigenvalue weighted by Gasteiger charge is -2.26. The molecule has 0 atom stereocenters. The van der Waals surface area contributed by atoms with Crippen LogP contribution in [0.1, 0.15) is 25.7 Å². The molecule has 5 nitrogen and oxygen atoms in total. The first-order valence-electron chi connectivity index (χ1n) is 7.74. The minimum atomic E-state index is 0.0307. The number of likely N-dealkylation sites (tertiary alicyclic amines) is 1. The summed E-state index contributed by atoms with van der Waals surface area (Å²) >= 11 is 0. The van der Waals surface area contributed by atoms with Crippen molar-refractivity contribution in [3.8, 4) is 11.5 Å². The van der Waals surface area contributed by atoms with Crippen LogP contribution >= 0.6 is 0 Å². The lowest BCUT2D eigenvalue weighted by Crippen LogP contribution is -2.32. The van der Waals surface area contributed by atoms with E-state index >= 15 is 0 Å². The Bertz CT molecular complexity index is 498. The molecule has 2 heterocycles. The molecular formula is C16H22N2O3. The SMILES string of the molecule is O=C(CCN1CCCCC1)Nc1cccc2c1OCCO2. The first-order valence-corrected chi connectivity index (χ1v) is 7.74. The molecular weight excluding hydrogens is 268 g/mol. The largest absolute Gasteiger partial charge is 0.486 e. The van der Waals surface area contributed by atoms with Crippen molar-refractivity contribution in [3.05, 3.63) is 18.2 Å². The van der Waals surface area contributed by atoms with E-state index in [1.807, 2.05) is 18.2 Å². The predicted molar refractivity (Wildman–Crippen MR) is 81.0 cm³/mol. The Hall–Kier alpha value is -1.75. The number of rotatable bonds is 4. The Labute approximate surface area is 125 Å². The maximum absolute atomic E-state index is 12.1. The summed E-state index contributed by atoms with van der Waals surface area (Å²) in [6, 6.07) is 5.58. The number of carbonyl (C=O) groups excluding carboxylic acids is 1. The van der Waals surface area contributed by atoms with Crippen LogP contribution in [0.3, 0.4) is 0 Å². The molecule has 0 bridgehead atoms. The van der Waals surface area contributed by atoms with Crippen molar-refractivity contribution in [2.24, 2.45) is 0 Å². The number of ether oxygens (including phenoxy) is 2. The molecule has 0 unspecified atom stereocenters. The Morgan fingerprint density at radius 1 is 1.14 bits per heavy atom. The molecule has 1 aromatic carbocycles. The lowest BCUT2D eigenvalue weighted by atomic mass is 10.1. The fourth-order valence-electron chi connectivity index (χ4n) is 2.83. The molecule has 3 rings (SSSR count). The average molecular weight is 290 g/mol. The molecule has 0 aromatic heterocycles. The van der Waals surface area contributed by atoms with Crippen molar-refractivity contribution >= 4 is 11.6 Å². The van der Waals surface area contributed by atoms with Crippen molar-refractivity contribution in [1.82, 2.24) is 4.90 Å². The molecule has 0 radical (unpaired) electrons. The molecule has 2 aliphatic heterocycles. The van der Waals surface area contributed by atoms with Gasteiger partial charge in [-0.15, -0.1) is 0 Å². The molecule has 1 saturated heterocycles. The van der Waals surface area contributed by atoms with E-state index in [0.29, 0.717) is 36.8 Å². The van der Waals surface area contributed by atoms with Crippen LogP contribution in [-0.2, 0) is 4.79 Å². The topological polar surface area (TPSA) is 50.8 Å². The number of nitrogens with one attached hydrogen (secondary N) is 1. The highest BCUT2D eigenvalue weighted by atomic mass is 16.6. The van der Waals surface area contributed by atoms with Gasteiger partial charge in [-0.05, 0) is 38.1 Å². The quantitative estimate of drug-likeness (QED) is 0.924. The van der Waals surface area contributed by atoms with Crippen LogP contribution in [0.2, 0.25) is 0 Å². The first kappa shape index (κ1) is 14.2. The molecule has 1 amide bonds. The summed E-state index contributed by atoms with van der Waals surface area (Å²) in [5.41, 5.74) is 0.704. The van der Waals surface area contributed by atoms with Crippen LogP contribution in [0.5, 0.6) is 11.5 Å². The molecule has 114 valence electrons. The van der Waals surface area contributed by atoms with Crippen molar-refractivity contribution < 1.29 is 14.3 Å². The zero-order valence-electron chi connectivity index (χ0n) is 12.3. The first-order chi connectivity index (χ1) is 10.3. The van der Waals surface area contributed by atoms with Crippen molar-refractivity contribution in [3.63, 3.8) is 0 Å². The molecule has 1 aromatic rings. The van der Waals surface area contributed by atoms with E-state index in [2.05, 4.69) is 10.2 Å². The number of amides is 1. The number of piperidine rings is 1. The average Bonchev–Trinajstić information content (AvgIpc) is 2.54. The molecule has 2 aliphatic rings. The highest BCUT2D eigenvalue weighted by Crippen LogP contribution is 2.37. The normalized spacial score (nSPS) is 18.3. The van der Waals surface area contributed by atoms with E-state index in [9.17, 15) is 4.79 Å². The fraction of sp³-hybridized carbons (Fsp3) is 0.562. The molecule has 5 heteroatoms. The van der Waals surface area contributed by atoms with E-state index in [-0.39, 0.29) is 5.91 Å². The Kier molecular flexibility index (Phi) is 4.60. The number of nitrogens with zero attached hydrogens (tertiary/aromatic N) is 1. The van der Waals surface area contributed by atoms with E-state index < -0.39 is 0 Å². The van der Waals surface area contributed by atoms with Gasteiger partial charge in [-0.2, -0.15) is 0 Å². The van der Waals surface area contributed by atoms with Crippen LogP contribution in [0, 0.1) is 0 Å². The van der Waals surface area contributed by atoms with E-state index in [4.69, 9.17) is 9.47 Å². The van der Waals surface area contributed by atoms with Gasteiger partial charge < -0.3 is 19.7 Å². The molecule has 0 spiro atoms. The second kappa shape index (κ2) is 6.80. The zero-order chi connectivity index (χ0) is 14.5. The van der Waals surface area contributed by atoms with Gasteiger partial charge in [0.15, 0.2) is 11.5 Å². The van der Waals surface area contributed by atoms with Crippen LogP contribution in [0.15, 0.2) is 18.2 Å². The minimum absolute atomic E-state index is 0.0307. The number of para-hydroxylation sites is 1. The summed E-state index contributed by atoms with van der Waals surface area (Å²) in [5.74, 6) is 1.38. The summed E-state index contributed by atoms with van der Waals surface area (Å²) in [6.07, 6.45) is 4.33. The second-order valence-corrected chi connectivity index (χ2v) is 5.53. The highest BCUT2D eigenvalue weighted by Gasteiger charge is 2.17. The summed E-state index contributed by atoms with van der Waals surface area (Å²) in [4.78, 5) is 14.5. The van der Waals surface area contributed by atoms with E-state index in [1.54, 1.807) is 0 Å². The van der Waals surface area contributed by atoms with Crippen molar-refractivity contribution in [2.75, 3.05) is 38.2 Å². The van der Waals surface area contributed by atoms with E-state index in [0.717, 1.165) is 19.6 Å².